The van der Waals surface area contributed by atoms with Gasteiger partial charge in [-0.05, 0) is 66.5 Å². The summed E-state index contributed by atoms with van der Waals surface area (Å²) in [6.45, 7) is 0.405. The number of ether oxygens (including phenoxy) is 1. The number of anilines is 4. The van der Waals surface area contributed by atoms with E-state index in [9.17, 15) is 27.6 Å². The second kappa shape index (κ2) is 12.2. The number of aromatic nitrogens is 2. The molecule has 1 aromatic heterocycles. The first-order chi connectivity index (χ1) is 20.1. The Morgan fingerprint density at radius 2 is 1.86 bits per heavy atom. The van der Waals surface area contributed by atoms with Crippen LogP contribution in [0.5, 0.6) is 5.75 Å². The van der Waals surface area contributed by atoms with Gasteiger partial charge in [0.15, 0.2) is 0 Å². The van der Waals surface area contributed by atoms with Crippen LogP contribution in [-0.4, -0.2) is 46.1 Å². The molecule has 1 aliphatic carbocycles. The number of rotatable bonds is 9. The van der Waals surface area contributed by atoms with Gasteiger partial charge in [0.25, 0.3) is 5.91 Å². The predicted molar refractivity (Wildman–Crippen MR) is 148 cm³/mol. The summed E-state index contributed by atoms with van der Waals surface area (Å²) in [4.78, 5) is 22.7. The average Bonchev–Trinajstić information content (AvgIpc) is 3.26. The second-order valence-electron chi connectivity index (χ2n) is 10.3. The molecule has 2 aliphatic rings. The van der Waals surface area contributed by atoms with Crippen molar-refractivity contribution in [1.29, 1.82) is 0 Å². The van der Waals surface area contributed by atoms with Crippen molar-refractivity contribution < 1.29 is 36.9 Å². The van der Waals surface area contributed by atoms with E-state index in [1.165, 1.54) is 12.0 Å². The zero-order valence-corrected chi connectivity index (χ0v) is 23.8. The van der Waals surface area contributed by atoms with Crippen molar-refractivity contribution in [1.82, 2.24) is 14.9 Å². The number of amides is 1. The molecular weight excluding hydrogens is 574 g/mol. The molecule has 3 aromatic rings. The van der Waals surface area contributed by atoms with Crippen molar-refractivity contribution in [3.63, 3.8) is 0 Å². The number of nitrogens with one attached hydrogen (secondary N) is 2. The van der Waals surface area contributed by atoms with E-state index in [4.69, 9.17) is 9.26 Å². The molecule has 1 amide bonds. The molecule has 2 heterocycles. The minimum absolute atomic E-state index is 0.0618. The first-order valence-electron chi connectivity index (χ1n) is 13.3. The number of carbonyl (C=O) groups is 1. The van der Waals surface area contributed by atoms with Crippen LogP contribution in [0.15, 0.2) is 36.5 Å². The fraction of sp³-hybridized carbons (Fsp3) is 0.393. The van der Waals surface area contributed by atoms with E-state index in [1.54, 1.807) is 31.3 Å². The fourth-order valence-corrected chi connectivity index (χ4v) is 5.68. The van der Waals surface area contributed by atoms with Gasteiger partial charge in [0, 0.05) is 19.8 Å². The maximum absolute atomic E-state index is 14.0. The lowest BCUT2D eigenvalue weighted by molar-refractivity contribution is -0.137. The highest BCUT2D eigenvalue weighted by molar-refractivity contribution is 7.17. The molecule has 0 bridgehead atoms. The van der Waals surface area contributed by atoms with Crippen molar-refractivity contribution >= 4 is 37.7 Å². The molecule has 0 radical (unpaired) electrons. The molecule has 5 rings (SSSR count). The third-order valence-electron chi connectivity index (χ3n) is 7.59. The van der Waals surface area contributed by atoms with Gasteiger partial charge in [0.1, 0.15) is 17.1 Å². The van der Waals surface area contributed by atoms with E-state index >= 15 is 0 Å². The first kappa shape index (κ1) is 29.7. The van der Waals surface area contributed by atoms with Crippen LogP contribution in [0.25, 0.3) is 0 Å². The number of halogens is 3. The molecule has 0 atom stereocenters. The minimum atomic E-state index is -4.77. The topological polar surface area (TPSA) is 126 Å². The van der Waals surface area contributed by atoms with Crippen LogP contribution in [0.3, 0.4) is 0 Å². The zero-order chi connectivity index (χ0) is 30.0. The lowest BCUT2D eigenvalue weighted by Gasteiger charge is -2.27. The smallest absolute Gasteiger partial charge is 0.421 e. The number of hydrogen-bond donors (Lipinski definition) is 3. The number of fused-ring (bicyclic) bond motifs is 1. The van der Waals surface area contributed by atoms with Gasteiger partial charge in [-0.2, -0.15) is 18.2 Å². The zero-order valence-electron chi connectivity index (χ0n) is 22.9. The summed E-state index contributed by atoms with van der Waals surface area (Å²) in [6, 6.07) is 8.37. The summed E-state index contributed by atoms with van der Waals surface area (Å²) in [6.07, 6.45) is -1.56. The Morgan fingerprint density at radius 1 is 1.12 bits per heavy atom. The summed E-state index contributed by atoms with van der Waals surface area (Å²) in [5.74, 6) is -0.450. The van der Waals surface area contributed by atoms with Crippen LogP contribution in [0.4, 0.5) is 36.3 Å². The standard InChI is InChI=1S/C28H29F3N5O5P/c1-36-13-19-18(16-4-6-17(37)7-5-16)8-10-22(24(19)26(36)38)33-25-20(28(29,30)31)12-32-27(35-25)34-21-9-3-15(14-41-42-39)11-23(21)40-2/h3,8-12,16-17,37H,4-7,13-14H2,1-2H3,(H2,32,33,34,35). The SMILES string of the molecule is COc1cc(COP=O)ccc1Nc1ncc(C(F)(F)F)c(Nc2ccc(C3CCC(O)CC3)c3c2C(=O)N(C)C3)n1. The Labute approximate surface area is 241 Å². The third-order valence-corrected chi connectivity index (χ3v) is 7.82. The van der Waals surface area contributed by atoms with Crippen LogP contribution < -0.4 is 15.4 Å². The number of benzene rings is 2. The molecule has 42 heavy (non-hydrogen) atoms. The fourth-order valence-electron chi connectivity index (χ4n) is 5.47. The maximum Gasteiger partial charge on any atom is 0.421 e. The molecule has 10 nitrogen and oxygen atoms in total. The first-order valence-corrected chi connectivity index (χ1v) is 14.0. The summed E-state index contributed by atoms with van der Waals surface area (Å²) >= 11 is 0. The largest absolute Gasteiger partial charge is 0.495 e. The van der Waals surface area contributed by atoms with Crippen molar-refractivity contribution in [2.75, 3.05) is 24.8 Å². The van der Waals surface area contributed by atoms with Gasteiger partial charge in [0.05, 0.1) is 36.8 Å². The molecular formula is C28H29F3N5O5P. The van der Waals surface area contributed by atoms with Gasteiger partial charge in [0.2, 0.25) is 5.95 Å². The summed E-state index contributed by atoms with van der Waals surface area (Å²) < 4.78 is 62.9. The van der Waals surface area contributed by atoms with Gasteiger partial charge in [-0.25, -0.2) is 9.55 Å². The van der Waals surface area contributed by atoms with Crippen molar-refractivity contribution in [3.8, 4) is 5.75 Å². The molecule has 14 heteroatoms. The highest BCUT2D eigenvalue weighted by atomic mass is 31.1. The van der Waals surface area contributed by atoms with Crippen LogP contribution in [0, 0.1) is 0 Å². The van der Waals surface area contributed by atoms with Crippen LogP contribution in [-0.2, 0) is 28.4 Å². The van der Waals surface area contributed by atoms with Gasteiger partial charge < -0.3 is 25.4 Å². The molecule has 1 fully saturated rings. The summed E-state index contributed by atoms with van der Waals surface area (Å²) in [5.41, 5.74) is 2.24. The number of nitrogens with zero attached hydrogens (tertiary/aromatic N) is 3. The van der Waals surface area contributed by atoms with Gasteiger partial charge >= 0.3 is 14.9 Å². The van der Waals surface area contributed by atoms with Gasteiger partial charge in [-0.15, -0.1) is 0 Å². The molecule has 0 unspecified atom stereocenters. The monoisotopic (exact) mass is 603 g/mol. The summed E-state index contributed by atoms with van der Waals surface area (Å²) in [7, 11) is 2.60. The Kier molecular flexibility index (Phi) is 8.63. The number of alkyl halides is 3. The number of aliphatic hydroxyl groups is 1. The quantitative estimate of drug-likeness (QED) is 0.241. The number of carbonyl (C=O) groups excluding carboxylic acids is 1. The highest BCUT2D eigenvalue weighted by Gasteiger charge is 2.37. The molecule has 0 saturated heterocycles. The van der Waals surface area contributed by atoms with E-state index in [-0.39, 0.29) is 36.2 Å². The van der Waals surface area contributed by atoms with E-state index in [2.05, 4.69) is 20.6 Å². The predicted octanol–water partition coefficient (Wildman–Crippen LogP) is 6.32. The molecule has 3 N–H and O–H groups in total. The molecule has 1 aliphatic heterocycles. The van der Waals surface area contributed by atoms with Crippen LogP contribution >= 0.6 is 8.69 Å². The highest BCUT2D eigenvalue weighted by Crippen LogP contribution is 2.42. The number of hydrogen-bond acceptors (Lipinski definition) is 9. The van der Waals surface area contributed by atoms with E-state index < -0.39 is 26.2 Å². The third kappa shape index (κ3) is 6.18. The normalized spacial score (nSPS) is 18.7. The Balaban J connectivity index is 1.49. The molecule has 1 saturated carbocycles. The van der Waals surface area contributed by atoms with Crippen molar-refractivity contribution in [2.24, 2.45) is 0 Å². The number of aliphatic hydroxyl groups excluding tert-OH is 1. The second-order valence-corrected chi connectivity index (χ2v) is 10.7. The van der Waals surface area contributed by atoms with Crippen LogP contribution in [0.2, 0.25) is 0 Å². The van der Waals surface area contributed by atoms with Gasteiger partial charge in [-0.1, -0.05) is 12.1 Å². The van der Waals surface area contributed by atoms with E-state index in [1.807, 2.05) is 6.07 Å². The Hall–Kier alpha value is -3.80. The number of methoxy groups -OCH3 is 1. The Bertz CT molecular complexity index is 1500. The van der Waals surface area contributed by atoms with Crippen molar-refractivity contribution in [3.05, 3.63) is 64.3 Å². The average molecular weight is 604 g/mol. The summed E-state index contributed by atoms with van der Waals surface area (Å²) in [5, 5.41) is 15.6. The van der Waals surface area contributed by atoms with Crippen LogP contribution in [0.1, 0.15) is 64.2 Å². The lowest BCUT2D eigenvalue weighted by Crippen LogP contribution is -2.18. The van der Waals surface area contributed by atoms with E-state index in [0.29, 0.717) is 48.1 Å². The molecule has 222 valence electrons. The van der Waals surface area contributed by atoms with Gasteiger partial charge in [-0.3, -0.25) is 9.32 Å². The Morgan fingerprint density at radius 3 is 2.55 bits per heavy atom. The lowest BCUT2D eigenvalue weighted by atomic mass is 9.80. The maximum atomic E-state index is 14.0. The van der Waals surface area contributed by atoms with E-state index in [0.717, 1.165) is 24.0 Å². The molecule has 0 spiro atoms. The minimum Gasteiger partial charge on any atom is -0.495 e. The molecule has 2 aromatic carbocycles. The van der Waals surface area contributed by atoms with Crippen molar-refractivity contribution in [2.45, 2.75) is 57.0 Å².